The van der Waals surface area contributed by atoms with E-state index in [0.29, 0.717) is 41.4 Å². The topological polar surface area (TPSA) is 167 Å². The van der Waals surface area contributed by atoms with Gasteiger partial charge in [-0.1, -0.05) is 84.2 Å². The van der Waals surface area contributed by atoms with Gasteiger partial charge in [-0.15, -0.1) is 0 Å². The van der Waals surface area contributed by atoms with Crippen LogP contribution in [-0.4, -0.2) is 122 Å². The molecule has 2 rings (SSSR count). The van der Waals surface area contributed by atoms with Gasteiger partial charge in [-0.05, 0) is 55.3 Å². The molecule has 1 saturated heterocycles. The van der Waals surface area contributed by atoms with Gasteiger partial charge < -0.3 is 40.3 Å². The number of hydrogen-bond donors (Lipinski definition) is 4. The Labute approximate surface area is 331 Å². The number of likely N-dealkylation sites (tertiary alicyclic amines) is 1. The van der Waals surface area contributed by atoms with Crippen molar-refractivity contribution < 1.29 is 38.6 Å². The lowest BCUT2D eigenvalue weighted by atomic mass is 9.89. The van der Waals surface area contributed by atoms with Crippen LogP contribution in [0.3, 0.4) is 0 Å². The molecule has 1 heterocycles. The van der Waals surface area contributed by atoms with E-state index >= 15 is 0 Å². The van der Waals surface area contributed by atoms with Crippen LogP contribution in [0.2, 0.25) is 10.0 Å². The average Bonchev–Trinajstić information content (AvgIpc) is 3.60. The predicted molar refractivity (Wildman–Crippen MR) is 210 cm³/mol. The van der Waals surface area contributed by atoms with E-state index in [4.69, 9.17) is 32.7 Å². The number of aliphatic carboxylic acids is 1. The first-order valence-electron chi connectivity index (χ1n) is 18.9. The van der Waals surface area contributed by atoms with Crippen molar-refractivity contribution in [1.82, 2.24) is 25.8 Å². The molecular formula is C39H63Cl2N5O8. The first-order valence-corrected chi connectivity index (χ1v) is 19.7. The summed E-state index contributed by atoms with van der Waals surface area (Å²) in [5.41, 5.74) is 0.519. The number of carbonyl (C=O) groups is 5. The molecule has 3 unspecified atom stereocenters. The van der Waals surface area contributed by atoms with Crippen LogP contribution in [-0.2, 0) is 39.9 Å². The number of carboxylic acid groups (broad SMARTS) is 1. The van der Waals surface area contributed by atoms with Crippen LogP contribution in [0, 0.1) is 23.7 Å². The summed E-state index contributed by atoms with van der Waals surface area (Å²) in [5, 5.41) is 19.3. The molecule has 1 aliphatic rings. The smallest absolute Gasteiger partial charge is 0.326 e. The standard InChI is InChI=1S/C39H63Cl2N5O8/c1-12-23(6)34(45(9)38(50)33(22(4)5)44-37(49)32(42-8)21(2)3)30(53-10)20-31(47)46-17-13-14-29(46)35(54-11)24(7)36(48)43-28(39(51)52)18-25-15-16-26(40)19-27(25)41/h15-16,19,21-24,28-30,32-35,42H,12-14,17-18,20H2,1-11H3,(H,43,48)(H,44,49)(H,51,52)/t23-,24?,28?,29-,30+,32-,33-,34?,35+/m0/s1. The Balaban J connectivity index is 2.28. The van der Waals surface area contributed by atoms with Crippen molar-refractivity contribution >= 4 is 52.8 Å². The number of amides is 4. The maximum absolute atomic E-state index is 14.2. The highest BCUT2D eigenvalue weighted by molar-refractivity contribution is 6.35. The fourth-order valence-electron chi connectivity index (χ4n) is 7.46. The number of carboxylic acids is 1. The molecule has 0 spiro atoms. The summed E-state index contributed by atoms with van der Waals surface area (Å²) >= 11 is 12.3. The van der Waals surface area contributed by atoms with Crippen molar-refractivity contribution in [2.75, 3.05) is 34.9 Å². The summed E-state index contributed by atoms with van der Waals surface area (Å²) in [6.07, 6.45) is 0.468. The fourth-order valence-corrected chi connectivity index (χ4v) is 7.95. The van der Waals surface area contributed by atoms with Gasteiger partial charge in [0, 0.05) is 44.3 Å². The highest BCUT2D eigenvalue weighted by Crippen LogP contribution is 2.30. The molecule has 0 bridgehead atoms. The molecule has 15 heteroatoms. The normalized spacial score (nSPS) is 19.0. The van der Waals surface area contributed by atoms with Crippen molar-refractivity contribution in [1.29, 1.82) is 0 Å². The molecule has 306 valence electrons. The predicted octanol–water partition coefficient (Wildman–Crippen LogP) is 4.41. The number of ether oxygens (including phenoxy) is 2. The summed E-state index contributed by atoms with van der Waals surface area (Å²) in [5.74, 6) is -3.56. The molecule has 0 aliphatic carbocycles. The Hall–Kier alpha value is -2.97. The average molecular weight is 801 g/mol. The van der Waals surface area contributed by atoms with Gasteiger partial charge in [-0.2, -0.15) is 0 Å². The van der Waals surface area contributed by atoms with E-state index in [2.05, 4.69) is 16.0 Å². The Bertz CT molecular complexity index is 1430. The van der Waals surface area contributed by atoms with Crippen LogP contribution >= 0.6 is 23.2 Å². The Morgan fingerprint density at radius 2 is 1.59 bits per heavy atom. The summed E-state index contributed by atoms with van der Waals surface area (Å²) in [6.45, 7) is 13.7. The number of likely N-dealkylation sites (N-methyl/N-ethyl adjacent to an activating group) is 2. The highest BCUT2D eigenvalue weighted by atomic mass is 35.5. The lowest BCUT2D eigenvalue weighted by Crippen LogP contribution is -2.59. The zero-order valence-corrected chi connectivity index (χ0v) is 35.3. The molecule has 1 fully saturated rings. The van der Waals surface area contributed by atoms with Crippen molar-refractivity contribution in [3.8, 4) is 0 Å². The third kappa shape index (κ3) is 12.3. The van der Waals surface area contributed by atoms with Gasteiger partial charge in [0.15, 0.2) is 0 Å². The van der Waals surface area contributed by atoms with Crippen LogP contribution < -0.4 is 16.0 Å². The van der Waals surface area contributed by atoms with Crippen molar-refractivity contribution in [2.45, 2.75) is 123 Å². The molecule has 4 amide bonds. The molecule has 0 saturated carbocycles. The van der Waals surface area contributed by atoms with E-state index in [-0.39, 0.29) is 48.3 Å². The first kappa shape index (κ1) is 47.2. The van der Waals surface area contributed by atoms with Gasteiger partial charge in [0.05, 0.1) is 42.7 Å². The summed E-state index contributed by atoms with van der Waals surface area (Å²) in [6, 6.07) is 1.26. The minimum absolute atomic E-state index is 0.0123. The monoisotopic (exact) mass is 799 g/mol. The SMILES string of the molecule is CC[C@H](C)C([C@@H](CC(=O)N1CCC[C@H]1[C@H](OC)C(C)C(=O)NC(Cc1ccc(Cl)cc1Cl)C(=O)O)OC)N(C)C(=O)[C@@H](NC(=O)[C@@H](NC)C(C)C)C(C)C. The Morgan fingerprint density at radius 3 is 2.09 bits per heavy atom. The molecule has 1 aromatic carbocycles. The number of carbonyl (C=O) groups excluding carboxylic acids is 4. The minimum Gasteiger partial charge on any atom is -0.480 e. The fraction of sp³-hybridized carbons (Fsp3) is 0.718. The molecule has 13 nitrogen and oxygen atoms in total. The number of nitrogens with one attached hydrogen (secondary N) is 3. The van der Waals surface area contributed by atoms with Crippen LogP contribution in [0.1, 0.15) is 79.7 Å². The largest absolute Gasteiger partial charge is 0.480 e. The Kier molecular flexibility index (Phi) is 19.2. The molecular weight excluding hydrogens is 737 g/mol. The minimum atomic E-state index is -1.26. The van der Waals surface area contributed by atoms with Gasteiger partial charge in [-0.3, -0.25) is 19.2 Å². The van der Waals surface area contributed by atoms with Crippen LogP contribution in [0.4, 0.5) is 0 Å². The van der Waals surface area contributed by atoms with E-state index in [1.165, 1.54) is 20.3 Å². The lowest BCUT2D eigenvalue weighted by Gasteiger charge is -2.41. The molecule has 54 heavy (non-hydrogen) atoms. The maximum Gasteiger partial charge on any atom is 0.326 e. The van der Waals surface area contributed by atoms with E-state index < -0.39 is 60.2 Å². The number of hydrogen-bond acceptors (Lipinski definition) is 8. The van der Waals surface area contributed by atoms with Gasteiger partial charge in [0.2, 0.25) is 23.6 Å². The van der Waals surface area contributed by atoms with Crippen molar-refractivity contribution in [2.24, 2.45) is 23.7 Å². The third-order valence-electron chi connectivity index (χ3n) is 10.8. The van der Waals surface area contributed by atoms with Gasteiger partial charge in [0.1, 0.15) is 12.1 Å². The van der Waals surface area contributed by atoms with E-state index in [9.17, 15) is 29.1 Å². The van der Waals surface area contributed by atoms with Crippen LogP contribution in [0.5, 0.6) is 0 Å². The summed E-state index contributed by atoms with van der Waals surface area (Å²) in [7, 11) is 6.40. The molecule has 1 aliphatic heterocycles. The number of nitrogens with zero attached hydrogens (tertiary/aromatic N) is 2. The van der Waals surface area contributed by atoms with E-state index in [1.807, 2.05) is 41.5 Å². The third-order valence-corrected chi connectivity index (χ3v) is 11.4. The molecule has 4 N–H and O–H groups in total. The lowest BCUT2D eigenvalue weighted by molar-refractivity contribution is -0.148. The van der Waals surface area contributed by atoms with E-state index in [1.54, 1.807) is 43.0 Å². The first-order chi connectivity index (χ1) is 25.3. The summed E-state index contributed by atoms with van der Waals surface area (Å²) in [4.78, 5) is 70.5. The van der Waals surface area contributed by atoms with E-state index in [0.717, 1.165) is 0 Å². The zero-order valence-electron chi connectivity index (χ0n) is 33.8. The van der Waals surface area contributed by atoms with Crippen molar-refractivity contribution in [3.05, 3.63) is 33.8 Å². The molecule has 9 atom stereocenters. The maximum atomic E-state index is 14.2. The molecule has 1 aromatic rings. The Morgan fingerprint density at radius 1 is 0.963 bits per heavy atom. The van der Waals surface area contributed by atoms with Crippen molar-refractivity contribution in [3.63, 3.8) is 0 Å². The quantitative estimate of drug-likeness (QED) is 0.141. The van der Waals surface area contributed by atoms with Crippen LogP contribution in [0.15, 0.2) is 18.2 Å². The second-order valence-electron chi connectivity index (χ2n) is 15.2. The van der Waals surface area contributed by atoms with Gasteiger partial charge in [-0.25, -0.2) is 4.79 Å². The van der Waals surface area contributed by atoms with Crippen LogP contribution in [0.25, 0.3) is 0 Å². The zero-order chi connectivity index (χ0) is 41.0. The molecule has 0 radical (unpaired) electrons. The van der Waals surface area contributed by atoms with Gasteiger partial charge in [0.25, 0.3) is 0 Å². The number of halogens is 2. The highest BCUT2D eigenvalue weighted by Gasteiger charge is 2.43. The van der Waals surface area contributed by atoms with Gasteiger partial charge >= 0.3 is 5.97 Å². The molecule has 0 aromatic heterocycles. The number of benzene rings is 1. The summed E-state index contributed by atoms with van der Waals surface area (Å²) < 4.78 is 11.8. The number of methoxy groups -OCH3 is 2. The second kappa shape index (κ2) is 21.9. The number of rotatable bonds is 21. The second-order valence-corrected chi connectivity index (χ2v) is 16.0.